The normalized spacial score (nSPS) is 32.3. The summed E-state index contributed by atoms with van der Waals surface area (Å²) in [4.78, 5) is 28.5. The second-order valence-electron chi connectivity index (χ2n) is 13.3. The number of aromatic nitrogens is 3. The van der Waals surface area contributed by atoms with E-state index in [4.69, 9.17) is 14.3 Å². The number of ether oxygens (including phenoxy) is 1. The number of phenolic OH excluding ortho intramolecular Hbond substituents is 1. The molecule has 0 aliphatic heterocycles. The number of aromatic hydroxyl groups is 1. The van der Waals surface area contributed by atoms with Crippen LogP contribution in [0.1, 0.15) is 108 Å². The number of aryl methyl sites for hydroxylation is 1. The smallest absolute Gasteiger partial charge is 0.373 e. The number of benzene rings is 1. The number of hydrogen-bond acceptors (Lipinski definition) is 8. The van der Waals surface area contributed by atoms with E-state index in [0.29, 0.717) is 35.6 Å². The molecule has 0 saturated heterocycles. The molecule has 44 heavy (non-hydrogen) atoms. The number of phenols is 1. The highest BCUT2D eigenvalue weighted by Crippen LogP contribution is 2.66. The fourth-order valence-electron chi connectivity index (χ4n) is 8.96. The molecule has 2 saturated carbocycles. The summed E-state index contributed by atoms with van der Waals surface area (Å²) in [7, 11) is 0. The van der Waals surface area contributed by atoms with Crippen LogP contribution in [0.15, 0.2) is 30.5 Å². The summed E-state index contributed by atoms with van der Waals surface area (Å²) >= 11 is 0. The highest BCUT2D eigenvalue weighted by atomic mass is 16.5. The van der Waals surface area contributed by atoms with E-state index in [2.05, 4.69) is 48.5 Å². The molecule has 1 aromatic heterocycles. The van der Waals surface area contributed by atoms with Crippen molar-refractivity contribution < 1.29 is 29.3 Å². The van der Waals surface area contributed by atoms with Gasteiger partial charge in [-0.3, -0.25) is 4.79 Å². The molecule has 4 aliphatic rings. The largest absolute Gasteiger partial charge is 0.508 e. The molecular formula is C34H46N4O6. The van der Waals surface area contributed by atoms with Gasteiger partial charge < -0.3 is 20.3 Å². The minimum atomic E-state index is -1.06. The quantitative estimate of drug-likeness (QED) is 0.406. The molecule has 2 fully saturated rings. The van der Waals surface area contributed by atoms with E-state index in [-0.39, 0.29) is 35.7 Å². The first-order chi connectivity index (χ1) is 21.1. The SMILES string of the molecule is CCC(CC)O[C@@H]1CCC=C(n2cc([C@]3(O)CCC4C5CCc6cc(O)ccc6C5CC[C@@]43C)nn2)[C@H]1NC(C)=O.O=C=O. The summed E-state index contributed by atoms with van der Waals surface area (Å²) in [6.45, 7) is 8.07. The van der Waals surface area contributed by atoms with E-state index in [1.165, 1.54) is 18.1 Å². The third-order valence-electron chi connectivity index (χ3n) is 11.2. The molecule has 1 heterocycles. The molecule has 0 bridgehead atoms. The molecule has 3 N–H and O–H groups in total. The molecule has 0 spiro atoms. The number of aliphatic hydroxyl groups is 1. The van der Waals surface area contributed by atoms with Crippen molar-refractivity contribution in [2.75, 3.05) is 0 Å². The van der Waals surface area contributed by atoms with Crippen LogP contribution in [0.25, 0.3) is 5.70 Å². The Morgan fingerprint density at radius 1 is 1.18 bits per heavy atom. The maximum absolute atomic E-state index is 12.4. The molecule has 1 amide bonds. The first kappa shape index (κ1) is 32.1. The maximum atomic E-state index is 12.4. The Morgan fingerprint density at radius 2 is 1.93 bits per heavy atom. The Balaban J connectivity index is 0.00000123. The van der Waals surface area contributed by atoms with Crippen LogP contribution < -0.4 is 5.32 Å². The van der Waals surface area contributed by atoms with E-state index < -0.39 is 5.60 Å². The van der Waals surface area contributed by atoms with Crippen LogP contribution in [0.3, 0.4) is 0 Å². The predicted octanol–water partition coefficient (Wildman–Crippen LogP) is 4.86. The van der Waals surface area contributed by atoms with Crippen LogP contribution in [0.4, 0.5) is 0 Å². The Bertz CT molecular complexity index is 1410. The summed E-state index contributed by atoms with van der Waals surface area (Å²) in [5.41, 5.74) is 2.82. The van der Waals surface area contributed by atoms with Crippen LogP contribution >= 0.6 is 0 Å². The lowest BCUT2D eigenvalue weighted by atomic mass is 9.53. The lowest BCUT2D eigenvalue weighted by Gasteiger charge is -2.52. The van der Waals surface area contributed by atoms with Gasteiger partial charge >= 0.3 is 6.15 Å². The molecule has 10 heteroatoms. The van der Waals surface area contributed by atoms with Crippen molar-refractivity contribution in [1.82, 2.24) is 20.3 Å². The zero-order valence-corrected chi connectivity index (χ0v) is 26.3. The van der Waals surface area contributed by atoms with E-state index in [1.807, 2.05) is 18.3 Å². The van der Waals surface area contributed by atoms with Gasteiger partial charge in [0, 0.05) is 12.3 Å². The molecule has 7 atom stereocenters. The Kier molecular flexibility index (Phi) is 9.44. The van der Waals surface area contributed by atoms with Crippen molar-refractivity contribution in [2.24, 2.45) is 17.3 Å². The van der Waals surface area contributed by atoms with Gasteiger partial charge in [-0.25, -0.2) is 4.68 Å². The van der Waals surface area contributed by atoms with Crippen LogP contribution in [0.5, 0.6) is 5.75 Å². The van der Waals surface area contributed by atoms with Crippen molar-refractivity contribution in [3.63, 3.8) is 0 Å². The molecular weight excluding hydrogens is 560 g/mol. The second-order valence-corrected chi connectivity index (χ2v) is 13.3. The number of hydrogen-bond donors (Lipinski definition) is 3. The van der Waals surface area contributed by atoms with Crippen LogP contribution in [-0.4, -0.2) is 55.5 Å². The summed E-state index contributed by atoms with van der Waals surface area (Å²) < 4.78 is 8.24. The lowest BCUT2D eigenvalue weighted by molar-refractivity contribution is -0.191. The van der Waals surface area contributed by atoms with Crippen LogP contribution in [-0.2, 0) is 31.1 Å². The Labute approximate surface area is 259 Å². The van der Waals surface area contributed by atoms with Crippen molar-refractivity contribution in [3.05, 3.63) is 47.3 Å². The molecule has 1 aromatic carbocycles. The van der Waals surface area contributed by atoms with E-state index in [9.17, 15) is 15.0 Å². The zero-order chi connectivity index (χ0) is 31.6. The number of amides is 1. The number of fused-ring (bicyclic) bond motifs is 5. The van der Waals surface area contributed by atoms with Crippen molar-refractivity contribution >= 4 is 17.8 Å². The first-order valence-electron chi connectivity index (χ1n) is 16.2. The number of carbonyl (C=O) groups is 1. The summed E-state index contributed by atoms with van der Waals surface area (Å²) in [6, 6.07) is 5.57. The fraction of sp³-hybridized carbons (Fsp3) is 0.647. The van der Waals surface area contributed by atoms with Gasteiger partial charge in [0.2, 0.25) is 5.91 Å². The summed E-state index contributed by atoms with van der Waals surface area (Å²) in [6.07, 6.45) is 13.5. The number of nitrogens with one attached hydrogen (secondary N) is 1. The Hall–Kier alpha value is -3.33. The van der Waals surface area contributed by atoms with Crippen LogP contribution in [0, 0.1) is 17.3 Å². The minimum absolute atomic E-state index is 0.105. The molecule has 4 aliphatic carbocycles. The topological polar surface area (TPSA) is 144 Å². The number of carbonyl (C=O) groups excluding carboxylic acids is 3. The molecule has 6 rings (SSSR count). The monoisotopic (exact) mass is 606 g/mol. The minimum Gasteiger partial charge on any atom is -0.508 e. The zero-order valence-electron chi connectivity index (χ0n) is 26.3. The molecule has 0 radical (unpaired) electrons. The van der Waals surface area contributed by atoms with E-state index >= 15 is 0 Å². The lowest BCUT2D eigenvalue weighted by Crippen LogP contribution is -2.49. The van der Waals surface area contributed by atoms with Gasteiger partial charge in [-0.2, -0.15) is 9.59 Å². The number of nitrogens with zero attached hydrogens (tertiary/aromatic N) is 3. The Morgan fingerprint density at radius 3 is 2.64 bits per heavy atom. The highest BCUT2D eigenvalue weighted by Gasteiger charge is 2.63. The van der Waals surface area contributed by atoms with Crippen molar-refractivity contribution in [2.45, 2.75) is 122 Å². The fourth-order valence-corrected chi connectivity index (χ4v) is 8.96. The molecule has 238 valence electrons. The van der Waals surface area contributed by atoms with E-state index in [0.717, 1.165) is 63.5 Å². The van der Waals surface area contributed by atoms with Gasteiger partial charge in [0.25, 0.3) is 0 Å². The van der Waals surface area contributed by atoms with Gasteiger partial charge in [0.05, 0.1) is 30.1 Å². The molecule has 2 aromatic rings. The average molecular weight is 607 g/mol. The second kappa shape index (κ2) is 13.0. The van der Waals surface area contributed by atoms with Gasteiger partial charge in [-0.15, -0.1) is 5.10 Å². The first-order valence-corrected chi connectivity index (χ1v) is 16.2. The average Bonchev–Trinajstić information content (AvgIpc) is 3.60. The summed E-state index contributed by atoms with van der Waals surface area (Å²) in [5, 5.41) is 34.7. The number of allylic oxidation sites excluding steroid dienone is 1. The standard InChI is InChI=1S/C33H46N4O4.CO2/c1-5-23(6-2)41-29-9-7-8-28(31(29)34-20(3)38)37-19-30(35-36-37)33(40)17-15-27-26-12-10-21-18-22(39)11-13-24(21)25(26)14-16-32(27,33)4;2-1-3/h8,11,13,18-19,23,25-27,29,31,39-40H,5-7,9-10,12,14-17H2,1-4H3,(H,34,38);/t25?,26?,27?,29-,31-,32+,33-;/m1./s1. The molecule has 10 nitrogen and oxygen atoms in total. The maximum Gasteiger partial charge on any atom is 0.373 e. The molecule has 3 unspecified atom stereocenters. The van der Waals surface area contributed by atoms with Gasteiger partial charge in [0.1, 0.15) is 17.0 Å². The van der Waals surface area contributed by atoms with Gasteiger partial charge in [0.15, 0.2) is 0 Å². The third kappa shape index (κ3) is 5.64. The van der Waals surface area contributed by atoms with Crippen molar-refractivity contribution in [3.8, 4) is 5.75 Å². The summed E-state index contributed by atoms with van der Waals surface area (Å²) in [5.74, 6) is 1.64. The van der Waals surface area contributed by atoms with E-state index in [1.54, 1.807) is 4.68 Å². The predicted molar refractivity (Wildman–Crippen MR) is 162 cm³/mol. The van der Waals surface area contributed by atoms with Crippen molar-refractivity contribution in [1.29, 1.82) is 0 Å². The number of rotatable bonds is 7. The third-order valence-corrected chi connectivity index (χ3v) is 11.2. The van der Waals surface area contributed by atoms with Gasteiger partial charge in [-0.05, 0) is 105 Å². The van der Waals surface area contributed by atoms with Gasteiger partial charge in [-0.1, -0.05) is 38.1 Å². The highest BCUT2D eigenvalue weighted by molar-refractivity contribution is 5.76. The van der Waals surface area contributed by atoms with Crippen LogP contribution in [0.2, 0.25) is 0 Å².